The third kappa shape index (κ3) is 2.46. The Balaban J connectivity index is 2.29. The summed E-state index contributed by atoms with van der Waals surface area (Å²) in [6.45, 7) is 0.255. The van der Waals surface area contributed by atoms with Crippen molar-refractivity contribution in [2.24, 2.45) is 0 Å². The van der Waals surface area contributed by atoms with E-state index in [1.165, 1.54) is 0 Å². The maximum absolute atomic E-state index is 11.2. The van der Waals surface area contributed by atoms with Gasteiger partial charge in [0.25, 0.3) is 0 Å². The normalized spacial score (nSPS) is 16.2. The minimum Gasteiger partial charge on any atom is -0.353 e. The highest BCUT2D eigenvalue weighted by atomic mass is 35.5. The molecule has 1 saturated heterocycles. The second-order valence-corrected chi connectivity index (χ2v) is 4.33. The van der Waals surface area contributed by atoms with Gasteiger partial charge in [-0.3, -0.25) is 14.9 Å². The van der Waals surface area contributed by atoms with E-state index >= 15 is 0 Å². The summed E-state index contributed by atoms with van der Waals surface area (Å²) in [5.41, 5.74) is 0.667. The summed E-state index contributed by atoms with van der Waals surface area (Å²) < 4.78 is 0. The number of imide groups is 1. The number of benzene rings is 1. The van der Waals surface area contributed by atoms with Crippen molar-refractivity contribution in [3.8, 4) is 0 Å². The molecular formula is C10H8Cl2N2O2. The molecule has 6 heteroatoms. The van der Waals surface area contributed by atoms with E-state index in [4.69, 9.17) is 23.2 Å². The van der Waals surface area contributed by atoms with Crippen molar-refractivity contribution in [3.63, 3.8) is 0 Å². The van der Waals surface area contributed by atoms with Gasteiger partial charge in [0.2, 0.25) is 11.8 Å². The average molecular weight is 259 g/mol. The minimum atomic E-state index is -0.327. The van der Waals surface area contributed by atoms with E-state index in [0.29, 0.717) is 15.7 Å². The van der Waals surface area contributed by atoms with Gasteiger partial charge in [-0.05, 0) is 18.2 Å². The number of hydrogen-bond acceptors (Lipinski definition) is 3. The van der Waals surface area contributed by atoms with Crippen molar-refractivity contribution in [1.29, 1.82) is 0 Å². The van der Waals surface area contributed by atoms with Gasteiger partial charge in [0, 0.05) is 15.7 Å². The Morgan fingerprint density at radius 2 is 1.50 bits per heavy atom. The first-order valence-electron chi connectivity index (χ1n) is 4.58. The van der Waals surface area contributed by atoms with Gasteiger partial charge in [-0.2, -0.15) is 0 Å². The molecule has 1 aliphatic rings. The highest BCUT2D eigenvalue weighted by Crippen LogP contribution is 2.25. The Hall–Kier alpha value is -1.26. The van der Waals surface area contributed by atoms with Crippen molar-refractivity contribution in [3.05, 3.63) is 28.2 Å². The summed E-state index contributed by atoms with van der Waals surface area (Å²) in [5.74, 6) is -0.653. The molecule has 1 N–H and O–H groups in total. The van der Waals surface area contributed by atoms with Crippen LogP contribution in [0.2, 0.25) is 10.0 Å². The van der Waals surface area contributed by atoms with E-state index in [9.17, 15) is 9.59 Å². The van der Waals surface area contributed by atoms with Crippen LogP contribution < -0.4 is 10.2 Å². The molecular weight excluding hydrogens is 251 g/mol. The second kappa shape index (κ2) is 4.31. The van der Waals surface area contributed by atoms with Crippen LogP contribution >= 0.6 is 23.2 Å². The number of rotatable bonds is 1. The van der Waals surface area contributed by atoms with E-state index in [2.05, 4.69) is 5.32 Å². The van der Waals surface area contributed by atoms with E-state index in [-0.39, 0.29) is 24.9 Å². The molecule has 1 aromatic carbocycles. The van der Waals surface area contributed by atoms with Crippen molar-refractivity contribution in [2.75, 3.05) is 18.0 Å². The molecule has 0 aliphatic carbocycles. The second-order valence-electron chi connectivity index (χ2n) is 3.46. The highest BCUT2D eigenvalue weighted by Gasteiger charge is 2.22. The summed E-state index contributed by atoms with van der Waals surface area (Å²) in [5, 5.41) is 3.17. The first-order chi connectivity index (χ1) is 7.54. The van der Waals surface area contributed by atoms with Crippen LogP contribution in [0.4, 0.5) is 5.69 Å². The van der Waals surface area contributed by atoms with Gasteiger partial charge >= 0.3 is 0 Å². The maximum atomic E-state index is 11.2. The number of hydrogen-bond donors (Lipinski definition) is 1. The van der Waals surface area contributed by atoms with Crippen LogP contribution in [0, 0.1) is 0 Å². The predicted molar refractivity (Wildman–Crippen MR) is 61.8 cm³/mol. The third-order valence-electron chi connectivity index (χ3n) is 2.16. The Bertz CT molecular complexity index is 426. The molecule has 0 unspecified atom stereocenters. The van der Waals surface area contributed by atoms with Gasteiger partial charge in [0.15, 0.2) is 0 Å². The van der Waals surface area contributed by atoms with Gasteiger partial charge in [0.05, 0.1) is 13.1 Å². The number of halogens is 2. The number of nitrogens with zero attached hydrogens (tertiary/aromatic N) is 1. The molecule has 0 radical (unpaired) electrons. The van der Waals surface area contributed by atoms with Crippen molar-refractivity contribution in [2.45, 2.75) is 0 Å². The first kappa shape index (κ1) is 11.2. The van der Waals surface area contributed by atoms with Crippen LogP contribution in [0.1, 0.15) is 0 Å². The summed E-state index contributed by atoms with van der Waals surface area (Å²) in [6, 6.07) is 4.93. The van der Waals surface area contributed by atoms with Gasteiger partial charge in [-0.15, -0.1) is 0 Å². The van der Waals surface area contributed by atoms with Crippen LogP contribution in [-0.4, -0.2) is 24.9 Å². The largest absolute Gasteiger partial charge is 0.353 e. The summed E-state index contributed by atoms with van der Waals surface area (Å²) in [6.07, 6.45) is 0. The molecule has 4 nitrogen and oxygen atoms in total. The molecule has 16 heavy (non-hydrogen) atoms. The van der Waals surface area contributed by atoms with Gasteiger partial charge in [-0.25, -0.2) is 0 Å². The highest BCUT2D eigenvalue weighted by molar-refractivity contribution is 6.35. The van der Waals surface area contributed by atoms with Crippen LogP contribution in [0.15, 0.2) is 18.2 Å². The SMILES string of the molecule is O=C1CN(c2cc(Cl)cc(Cl)c2)CC(=O)N1. The van der Waals surface area contributed by atoms with Crippen LogP contribution in [-0.2, 0) is 9.59 Å². The van der Waals surface area contributed by atoms with Crippen molar-refractivity contribution < 1.29 is 9.59 Å². The zero-order valence-electron chi connectivity index (χ0n) is 8.17. The van der Waals surface area contributed by atoms with Crippen molar-refractivity contribution in [1.82, 2.24) is 5.32 Å². The molecule has 0 bridgehead atoms. The lowest BCUT2D eigenvalue weighted by Crippen LogP contribution is -2.51. The lowest BCUT2D eigenvalue weighted by atomic mass is 10.2. The van der Waals surface area contributed by atoms with E-state index in [1.54, 1.807) is 23.1 Å². The smallest absolute Gasteiger partial charge is 0.246 e. The van der Waals surface area contributed by atoms with E-state index < -0.39 is 0 Å². The lowest BCUT2D eigenvalue weighted by Gasteiger charge is -2.27. The molecule has 1 fully saturated rings. The Morgan fingerprint density at radius 3 is 2.00 bits per heavy atom. The minimum absolute atomic E-state index is 0.127. The lowest BCUT2D eigenvalue weighted by molar-refractivity contribution is -0.130. The predicted octanol–water partition coefficient (Wildman–Crippen LogP) is 1.46. The molecule has 0 atom stereocenters. The zero-order chi connectivity index (χ0) is 11.7. The molecule has 84 valence electrons. The van der Waals surface area contributed by atoms with Gasteiger partial charge in [0.1, 0.15) is 0 Å². The summed E-state index contributed by atoms with van der Waals surface area (Å²) >= 11 is 11.7. The number of carbonyl (C=O) groups is 2. The molecule has 0 saturated carbocycles. The molecule has 0 spiro atoms. The number of anilines is 1. The quantitative estimate of drug-likeness (QED) is 0.776. The number of carbonyl (C=O) groups excluding carboxylic acids is 2. The monoisotopic (exact) mass is 258 g/mol. The average Bonchev–Trinajstić information content (AvgIpc) is 2.14. The zero-order valence-corrected chi connectivity index (χ0v) is 9.68. The van der Waals surface area contributed by atoms with E-state index in [0.717, 1.165) is 0 Å². The fourth-order valence-corrected chi connectivity index (χ4v) is 2.06. The topological polar surface area (TPSA) is 49.4 Å². The standard InChI is InChI=1S/C10H8Cl2N2O2/c11-6-1-7(12)3-8(2-6)14-4-9(15)13-10(16)5-14/h1-3H,4-5H2,(H,13,15,16). The molecule has 1 aromatic rings. The maximum Gasteiger partial charge on any atom is 0.246 e. The summed E-state index contributed by atoms with van der Waals surface area (Å²) in [7, 11) is 0. The van der Waals surface area contributed by atoms with Crippen molar-refractivity contribution >= 4 is 40.7 Å². The van der Waals surface area contributed by atoms with Crippen LogP contribution in [0.5, 0.6) is 0 Å². The van der Waals surface area contributed by atoms with Crippen LogP contribution in [0.25, 0.3) is 0 Å². The fourth-order valence-electron chi connectivity index (χ4n) is 1.54. The third-order valence-corrected chi connectivity index (χ3v) is 2.60. The Morgan fingerprint density at radius 1 is 1.00 bits per heavy atom. The first-order valence-corrected chi connectivity index (χ1v) is 5.34. The Labute approximate surface area is 102 Å². The summed E-state index contributed by atoms with van der Waals surface area (Å²) in [4.78, 5) is 24.0. The number of nitrogens with one attached hydrogen (secondary N) is 1. The molecule has 1 heterocycles. The number of amides is 2. The van der Waals surface area contributed by atoms with Gasteiger partial charge < -0.3 is 4.90 Å². The molecule has 1 aliphatic heterocycles. The van der Waals surface area contributed by atoms with Crippen LogP contribution in [0.3, 0.4) is 0 Å². The molecule has 0 aromatic heterocycles. The number of piperazine rings is 1. The fraction of sp³-hybridized carbons (Fsp3) is 0.200. The molecule has 2 amide bonds. The Kier molecular flexibility index (Phi) is 3.03. The van der Waals surface area contributed by atoms with Gasteiger partial charge in [-0.1, -0.05) is 23.2 Å². The molecule has 2 rings (SSSR count). The van der Waals surface area contributed by atoms with E-state index in [1.807, 2.05) is 0 Å².